The first-order chi connectivity index (χ1) is 7.27. The molecule has 0 unspecified atom stereocenters. The highest BCUT2D eigenvalue weighted by atomic mass is 16.5. The minimum atomic E-state index is 0.705. The predicted molar refractivity (Wildman–Crippen MR) is 62.1 cm³/mol. The summed E-state index contributed by atoms with van der Waals surface area (Å²) in [6.07, 6.45) is 3.86. The number of aryl methyl sites for hydroxylation is 1. The lowest BCUT2D eigenvalue weighted by molar-refractivity contribution is 0.158. The maximum atomic E-state index is 5.24. The van der Waals surface area contributed by atoms with Crippen molar-refractivity contribution in [3.05, 3.63) is 24.5 Å². The third-order valence-corrected chi connectivity index (χ3v) is 1.96. The summed E-state index contributed by atoms with van der Waals surface area (Å²) in [5.74, 6) is 0.882. The first-order valence-electron chi connectivity index (χ1n) is 5.24. The number of hydrogen-bond acceptors (Lipinski definition) is 3. The maximum absolute atomic E-state index is 5.24. The standard InChI is InChI=1S/C11H19N3O/c1-4-7-14-9-10(3)13-11(14)12-6-8-15-5-2/h4,9H,1,5-8H2,2-3H3,(H,12,13). The van der Waals surface area contributed by atoms with Gasteiger partial charge in [-0.3, -0.25) is 0 Å². The van der Waals surface area contributed by atoms with Crippen molar-refractivity contribution in [1.82, 2.24) is 9.55 Å². The molecule has 84 valence electrons. The Morgan fingerprint density at radius 3 is 3.13 bits per heavy atom. The SMILES string of the molecule is C=CCn1cc(C)nc1NCCOCC. The highest BCUT2D eigenvalue weighted by Crippen LogP contribution is 2.07. The molecular formula is C11H19N3O. The van der Waals surface area contributed by atoms with E-state index in [2.05, 4.69) is 16.9 Å². The van der Waals surface area contributed by atoms with Crippen LogP contribution in [-0.4, -0.2) is 29.3 Å². The Bertz CT molecular complexity index is 307. The van der Waals surface area contributed by atoms with Crippen molar-refractivity contribution < 1.29 is 4.74 Å². The van der Waals surface area contributed by atoms with Crippen LogP contribution in [-0.2, 0) is 11.3 Å². The van der Waals surface area contributed by atoms with Gasteiger partial charge in [0.25, 0.3) is 0 Å². The molecule has 0 aliphatic heterocycles. The summed E-state index contributed by atoms with van der Waals surface area (Å²) in [5, 5.41) is 3.23. The van der Waals surface area contributed by atoms with E-state index in [1.54, 1.807) is 0 Å². The van der Waals surface area contributed by atoms with Crippen LogP contribution in [0.2, 0.25) is 0 Å². The van der Waals surface area contributed by atoms with Crippen LogP contribution in [0.15, 0.2) is 18.9 Å². The van der Waals surface area contributed by atoms with Crippen LogP contribution in [0.25, 0.3) is 0 Å². The van der Waals surface area contributed by atoms with Crippen molar-refractivity contribution in [2.45, 2.75) is 20.4 Å². The lowest BCUT2D eigenvalue weighted by Crippen LogP contribution is -2.12. The fourth-order valence-corrected chi connectivity index (χ4v) is 1.35. The summed E-state index contributed by atoms with van der Waals surface area (Å²) in [4.78, 5) is 4.38. The van der Waals surface area contributed by atoms with Gasteiger partial charge in [-0.25, -0.2) is 4.98 Å². The largest absolute Gasteiger partial charge is 0.380 e. The second-order valence-corrected chi connectivity index (χ2v) is 3.27. The molecule has 0 bridgehead atoms. The van der Waals surface area contributed by atoms with E-state index in [4.69, 9.17) is 4.74 Å². The zero-order valence-electron chi connectivity index (χ0n) is 9.49. The van der Waals surface area contributed by atoms with Gasteiger partial charge in [0, 0.05) is 25.9 Å². The topological polar surface area (TPSA) is 39.1 Å². The van der Waals surface area contributed by atoms with E-state index in [9.17, 15) is 0 Å². The van der Waals surface area contributed by atoms with Gasteiger partial charge in [-0.15, -0.1) is 6.58 Å². The fourth-order valence-electron chi connectivity index (χ4n) is 1.35. The van der Waals surface area contributed by atoms with Crippen molar-refractivity contribution in [3.63, 3.8) is 0 Å². The Kier molecular flexibility index (Phi) is 4.90. The molecule has 1 aromatic rings. The van der Waals surface area contributed by atoms with Crippen LogP contribution in [0.3, 0.4) is 0 Å². The smallest absolute Gasteiger partial charge is 0.203 e. The van der Waals surface area contributed by atoms with E-state index in [-0.39, 0.29) is 0 Å². The quantitative estimate of drug-likeness (QED) is 0.550. The molecule has 1 N–H and O–H groups in total. The molecule has 4 nitrogen and oxygen atoms in total. The molecule has 0 aliphatic rings. The number of allylic oxidation sites excluding steroid dienone is 1. The number of aromatic nitrogens is 2. The minimum Gasteiger partial charge on any atom is -0.380 e. The monoisotopic (exact) mass is 209 g/mol. The van der Waals surface area contributed by atoms with Gasteiger partial charge in [-0.2, -0.15) is 0 Å². The van der Waals surface area contributed by atoms with Crippen LogP contribution >= 0.6 is 0 Å². The maximum Gasteiger partial charge on any atom is 0.203 e. The summed E-state index contributed by atoms with van der Waals surface area (Å²) >= 11 is 0. The van der Waals surface area contributed by atoms with Crippen LogP contribution in [0.4, 0.5) is 5.95 Å². The van der Waals surface area contributed by atoms with Gasteiger partial charge in [0.1, 0.15) is 0 Å². The zero-order chi connectivity index (χ0) is 11.1. The average molecular weight is 209 g/mol. The molecule has 1 rings (SSSR count). The number of rotatable bonds is 7. The molecule has 0 aromatic carbocycles. The number of ether oxygens (including phenoxy) is 1. The molecule has 0 saturated heterocycles. The molecule has 15 heavy (non-hydrogen) atoms. The van der Waals surface area contributed by atoms with Crippen molar-refractivity contribution in [2.75, 3.05) is 25.1 Å². The van der Waals surface area contributed by atoms with Gasteiger partial charge in [-0.1, -0.05) is 6.08 Å². The predicted octanol–water partition coefficient (Wildman–Crippen LogP) is 1.83. The average Bonchev–Trinajstić information content (AvgIpc) is 2.55. The molecule has 0 atom stereocenters. The molecule has 1 aromatic heterocycles. The Morgan fingerprint density at radius 2 is 2.47 bits per heavy atom. The van der Waals surface area contributed by atoms with Crippen molar-refractivity contribution in [3.8, 4) is 0 Å². The van der Waals surface area contributed by atoms with Gasteiger partial charge in [0.15, 0.2) is 0 Å². The molecule has 0 radical (unpaired) electrons. The van der Waals surface area contributed by atoms with Crippen molar-refractivity contribution in [2.24, 2.45) is 0 Å². The summed E-state index contributed by atoms with van der Waals surface area (Å²) in [6, 6.07) is 0. The van der Waals surface area contributed by atoms with Crippen LogP contribution < -0.4 is 5.32 Å². The van der Waals surface area contributed by atoms with E-state index in [1.165, 1.54) is 0 Å². The fraction of sp³-hybridized carbons (Fsp3) is 0.545. The zero-order valence-corrected chi connectivity index (χ0v) is 9.49. The van der Waals surface area contributed by atoms with Gasteiger partial charge < -0.3 is 14.6 Å². The van der Waals surface area contributed by atoms with E-state index in [0.29, 0.717) is 6.61 Å². The second kappa shape index (κ2) is 6.24. The summed E-state index contributed by atoms with van der Waals surface area (Å²) in [7, 11) is 0. The summed E-state index contributed by atoms with van der Waals surface area (Å²) in [5.41, 5.74) is 1.01. The lowest BCUT2D eigenvalue weighted by Gasteiger charge is -2.07. The number of hydrogen-bond donors (Lipinski definition) is 1. The van der Waals surface area contributed by atoms with Crippen LogP contribution in [0.5, 0.6) is 0 Å². The third-order valence-electron chi connectivity index (χ3n) is 1.96. The Morgan fingerprint density at radius 1 is 1.67 bits per heavy atom. The van der Waals surface area contributed by atoms with E-state index in [1.807, 2.05) is 30.7 Å². The van der Waals surface area contributed by atoms with E-state index >= 15 is 0 Å². The summed E-state index contributed by atoms with van der Waals surface area (Å²) < 4.78 is 7.28. The van der Waals surface area contributed by atoms with E-state index in [0.717, 1.165) is 31.3 Å². The van der Waals surface area contributed by atoms with Crippen LogP contribution in [0.1, 0.15) is 12.6 Å². The van der Waals surface area contributed by atoms with Gasteiger partial charge in [0.2, 0.25) is 5.95 Å². The lowest BCUT2D eigenvalue weighted by atomic mass is 10.5. The number of nitrogens with one attached hydrogen (secondary N) is 1. The number of anilines is 1. The first kappa shape index (κ1) is 11.8. The molecular weight excluding hydrogens is 190 g/mol. The molecule has 4 heteroatoms. The highest BCUT2D eigenvalue weighted by Gasteiger charge is 2.02. The molecule has 0 spiro atoms. The molecule has 0 fully saturated rings. The van der Waals surface area contributed by atoms with E-state index < -0.39 is 0 Å². The third kappa shape index (κ3) is 3.75. The normalized spacial score (nSPS) is 10.3. The van der Waals surface area contributed by atoms with Gasteiger partial charge in [0.05, 0.1) is 12.3 Å². The molecule has 0 amide bonds. The van der Waals surface area contributed by atoms with Crippen molar-refractivity contribution >= 4 is 5.95 Å². The Labute approximate surface area is 91.0 Å². The van der Waals surface area contributed by atoms with Crippen LogP contribution in [0, 0.1) is 6.92 Å². The molecule has 0 aliphatic carbocycles. The second-order valence-electron chi connectivity index (χ2n) is 3.27. The first-order valence-corrected chi connectivity index (χ1v) is 5.24. The highest BCUT2D eigenvalue weighted by molar-refractivity contribution is 5.28. The molecule has 0 saturated carbocycles. The van der Waals surface area contributed by atoms with Gasteiger partial charge in [-0.05, 0) is 13.8 Å². The Hall–Kier alpha value is -1.29. The Balaban J connectivity index is 2.47. The summed E-state index contributed by atoms with van der Waals surface area (Å²) in [6.45, 7) is 10.7. The van der Waals surface area contributed by atoms with Crippen molar-refractivity contribution in [1.29, 1.82) is 0 Å². The molecule has 1 heterocycles. The number of imidazole rings is 1. The number of nitrogens with zero attached hydrogens (tertiary/aromatic N) is 2. The van der Waals surface area contributed by atoms with Gasteiger partial charge >= 0.3 is 0 Å². The minimum absolute atomic E-state index is 0.705.